The molecule has 1 saturated heterocycles. The van der Waals surface area contributed by atoms with E-state index >= 15 is 0 Å². The number of rotatable bonds is 3. The summed E-state index contributed by atoms with van der Waals surface area (Å²) in [6, 6.07) is 6.27. The number of aromatic nitrogens is 1. The third kappa shape index (κ3) is 3.49. The molecule has 1 aromatic heterocycles. The normalized spacial score (nSPS) is 18.8. The van der Waals surface area contributed by atoms with E-state index in [9.17, 15) is 4.39 Å². The maximum absolute atomic E-state index is 13.2. The molecule has 2 heterocycles. The summed E-state index contributed by atoms with van der Waals surface area (Å²) in [5.41, 5.74) is 1.38. The Hall–Kier alpha value is -1.72. The molecule has 0 spiro atoms. The number of benzene rings is 1. The summed E-state index contributed by atoms with van der Waals surface area (Å²) < 4.78 is 24.4. The topological polar surface area (TPSA) is 38.5 Å². The second kappa shape index (κ2) is 5.58. The number of nitrogens with zero attached hydrogens (tertiary/aromatic N) is 2. The molecule has 112 valence electrons. The van der Waals surface area contributed by atoms with E-state index in [4.69, 9.17) is 9.15 Å². The monoisotopic (exact) mass is 290 g/mol. The van der Waals surface area contributed by atoms with Crippen molar-refractivity contribution in [2.75, 3.05) is 19.7 Å². The minimum Gasteiger partial charge on any atom is -0.444 e. The van der Waals surface area contributed by atoms with Crippen LogP contribution < -0.4 is 0 Å². The first-order valence-electron chi connectivity index (χ1n) is 7.08. The van der Waals surface area contributed by atoms with Crippen LogP contribution in [0.15, 0.2) is 34.9 Å². The zero-order valence-corrected chi connectivity index (χ0v) is 12.3. The van der Waals surface area contributed by atoms with E-state index in [2.05, 4.69) is 23.7 Å². The molecule has 0 bridgehead atoms. The average Bonchev–Trinajstić information content (AvgIpc) is 2.86. The van der Waals surface area contributed by atoms with Gasteiger partial charge in [0.25, 0.3) is 0 Å². The van der Waals surface area contributed by atoms with Crippen LogP contribution >= 0.6 is 0 Å². The lowest BCUT2D eigenvalue weighted by Crippen LogP contribution is -2.47. The van der Waals surface area contributed by atoms with Gasteiger partial charge in [-0.15, -0.1) is 0 Å². The summed E-state index contributed by atoms with van der Waals surface area (Å²) in [6.07, 6.45) is 1.64. The second-order valence-corrected chi connectivity index (χ2v) is 5.97. The van der Waals surface area contributed by atoms with Crippen LogP contribution in [0.3, 0.4) is 0 Å². The van der Waals surface area contributed by atoms with Crippen LogP contribution in [0.2, 0.25) is 0 Å². The van der Waals surface area contributed by atoms with Gasteiger partial charge in [0.05, 0.1) is 17.9 Å². The Bertz CT molecular complexity index is 624. The molecule has 0 N–H and O–H groups in total. The summed E-state index contributed by atoms with van der Waals surface area (Å²) in [5, 5.41) is 0. The van der Waals surface area contributed by atoms with Crippen LogP contribution in [0.4, 0.5) is 4.39 Å². The number of hydrogen-bond acceptors (Lipinski definition) is 4. The highest BCUT2D eigenvalue weighted by molar-refractivity contribution is 5.52. The minimum atomic E-state index is -0.290. The van der Waals surface area contributed by atoms with E-state index in [0.717, 1.165) is 25.4 Å². The highest BCUT2D eigenvalue weighted by atomic mass is 19.1. The lowest BCUT2D eigenvalue weighted by molar-refractivity contribution is -0.0885. The standard InChI is InChI=1S/C16H19FN2O2/c1-16(2)11-19(6-7-21-16)9-14-10-20-15(18-14)12-4-3-5-13(17)8-12/h3-5,8,10H,6-7,9,11H2,1-2H3. The first-order valence-corrected chi connectivity index (χ1v) is 7.08. The number of halogens is 1. The van der Waals surface area contributed by atoms with Crippen molar-refractivity contribution >= 4 is 0 Å². The zero-order valence-electron chi connectivity index (χ0n) is 12.3. The van der Waals surface area contributed by atoms with Gasteiger partial charge in [0, 0.05) is 25.2 Å². The van der Waals surface area contributed by atoms with Crippen molar-refractivity contribution < 1.29 is 13.5 Å². The highest BCUT2D eigenvalue weighted by Crippen LogP contribution is 2.22. The van der Waals surface area contributed by atoms with Crippen LogP contribution in [0.1, 0.15) is 19.5 Å². The van der Waals surface area contributed by atoms with Gasteiger partial charge in [-0.25, -0.2) is 9.37 Å². The fraction of sp³-hybridized carbons (Fsp3) is 0.438. The van der Waals surface area contributed by atoms with Crippen molar-refractivity contribution in [3.63, 3.8) is 0 Å². The molecular weight excluding hydrogens is 271 g/mol. The average molecular weight is 290 g/mol. The van der Waals surface area contributed by atoms with E-state index in [-0.39, 0.29) is 11.4 Å². The largest absolute Gasteiger partial charge is 0.444 e. The SMILES string of the molecule is CC1(C)CN(Cc2coc(-c3cccc(F)c3)n2)CCO1. The molecule has 0 atom stereocenters. The van der Waals surface area contributed by atoms with Crippen LogP contribution in [0, 0.1) is 5.82 Å². The van der Waals surface area contributed by atoms with Crippen molar-refractivity contribution in [1.82, 2.24) is 9.88 Å². The first-order chi connectivity index (χ1) is 10.0. The van der Waals surface area contributed by atoms with Crippen LogP contribution in [0.5, 0.6) is 0 Å². The maximum Gasteiger partial charge on any atom is 0.226 e. The molecule has 0 saturated carbocycles. The third-order valence-electron chi connectivity index (χ3n) is 3.51. The van der Waals surface area contributed by atoms with Gasteiger partial charge in [-0.1, -0.05) is 6.07 Å². The highest BCUT2D eigenvalue weighted by Gasteiger charge is 2.27. The number of oxazole rings is 1. The van der Waals surface area contributed by atoms with Gasteiger partial charge < -0.3 is 9.15 Å². The molecule has 5 heteroatoms. The number of ether oxygens (including phenoxy) is 1. The van der Waals surface area contributed by atoms with Gasteiger partial charge >= 0.3 is 0 Å². The molecule has 3 rings (SSSR count). The Morgan fingerprint density at radius 2 is 2.24 bits per heavy atom. The van der Waals surface area contributed by atoms with Crippen LogP contribution in [-0.4, -0.2) is 35.2 Å². The van der Waals surface area contributed by atoms with Crippen LogP contribution in [-0.2, 0) is 11.3 Å². The predicted molar refractivity (Wildman–Crippen MR) is 77.2 cm³/mol. The molecule has 0 amide bonds. The molecule has 0 radical (unpaired) electrons. The first kappa shape index (κ1) is 14.2. The molecule has 4 nitrogen and oxygen atoms in total. The molecule has 1 aromatic carbocycles. The molecule has 21 heavy (non-hydrogen) atoms. The number of hydrogen-bond donors (Lipinski definition) is 0. The molecular formula is C16H19FN2O2. The van der Waals surface area contributed by atoms with Crippen molar-refractivity contribution in [2.45, 2.75) is 26.0 Å². The van der Waals surface area contributed by atoms with Gasteiger partial charge in [0.2, 0.25) is 5.89 Å². The molecule has 1 aliphatic heterocycles. The lowest BCUT2D eigenvalue weighted by atomic mass is 10.1. The Kier molecular flexibility index (Phi) is 3.78. The van der Waals surface area contributed by atoms with Crippen molar-refractivity contribution in [3.05, 3.63) is 42.0 Å². The van der Waals surface area contributed by atoms with E-state index < -0.39 is 0 Å². The lowest BCUT2D eigenvalue weighted by Gasteiger charge is -2.37. The molecule has 2 aromatic rings. The quantitative estimate of drug-likeness (QED) is 0.870. The Morgan fingerprint density at radius 3 is 3.00 bits per heavy atom. The van der Waals surface area contributed by atoms with Crippen molar-refractivity contribution in [2.24, 2.45) is 0 Å². The summed E-state index contributed by atoms with van der Waals surface area (Å²) in [5.74, 6) is 0.166. The van der Waals surface area contributed by atoms with E-state index in [0.29, 0.717) is 18.0 Å². The summed E-state index contributed by atoms with van der Waals surface area (Å²) in [7, 11) is 0. The Morgan fingerprint density at radius 1 is 1.38 bits per heavy atom. The van der Waals surface area contributed by atoms with E-state index in [1.54, 1.807) is 18.4 Å². The van der Waals surface area contributed by atoms with Gasteiger partial charge in [-0.2, -0.15) is 0 Å². The maximum atomic E-state index is 13.2. The second-order valence-electron chi connectivity index (χ2n) is 5.97. The van der Waals surface area contributed by atoms with Gasteiger partial charge in [0.1, 0.15) is 12.1 Å². The van der Waals surface area contributed by atoms with Crippen molar-refractivity contribution in [3.8, 4) is 11.5 Å². The molecule has 0 aliphatic carbocycles. The Balaban J connectivity index is 1.71. The number of morpholine rings is 1. The molecule has 0 unspecified atom stereocenters. The van der Waals surface area contributed by atoms with Gasteiger partial charge in [-0.3, -0.25) is 4.90 Å². The molecule has 1 fully saturated rings. The smallest absolute Gasteiger partial charge is 0.226 e. The zero-order chi connectivity index (χ0) is 14.9. The third-order valence-corrected chi connectivity index (χ3v) is 3.51. The fourth-order valence-electron chi connectivity index (χ4n) is 2.61. The Labute approximate surface area is 123 Å². The van der Waals surface area contributed by atoms with Crippen LogP contribution in [0.25, 0.3) is 11.5 Å². The summed E-state index contributed by atoms with van der Waals surface area (Å²) in [4.78, 5) is 6.74. The summed E-state index contributed by atoms with van der Waals surface area (Å²) in [6.45, 7) is 7.34. The minimum absolute atomic E-state index is 0.132. The van der Waals surface area contributed by atoms with Gasteiger partial charge in [-0.05, 0) is 32.0 Å². The predicted octanol–water partition coefficient (Wildman–Crippen LogP) is 3.09. The van der Waals surface area contributed by atoms with E-state index in [1.807, 2.05) is 0 Å². The van der Waals surface area contributed by atoms with Gasteiger partial charge in [0.15, 0.2) is 0 Å². The van der Waals surface area contributed by atoms with E-state index in [1.165, 1.54) is 12.1 Å². The fourth-order valence-corrected chi connectivity index (χ4v) is 2.61. The van der Waals surface area contributed by atoms with Crippen molar-refractivity contribution in [1.29, 1.82) is 0 Å². The summed E-state index contributed by atoms with van der Waals surface area (Å²) >= 11 is 0. The molecule has 1 aliphatic rings.